The van der Waals surface area contributed by atoms with Crippen molar-refractivity contribution < 1.29 is 18.0 Å². The smallest absolute Gasteiger partial charge is 0.238 e. The number of sulfonamides is 1. The van der Waals surface area contributed by atoms with Crippen LogP contribution in [0.25, 0.3) is 6.08 Å². The second-order valence-electron chi connectivity index (χ2n) is 6.21. The summed E-state index contributed by atoms with van der Waals surface area (Å²) in [6.07, 6.45) is 3.60. The Kier molecular flexibility index (Phi) is 5.11. The normalized spacial score (nSPS) is 15.9. The number of amides is 2. The van der Waals surface area contributed by atoms with E-state index in [1.807, 2.05) is 30.3 Å². The fraction of sp³-hybridized carbons (Fsp3) is 0.158. The van der Waals surface area contributed by atoms with Gasteiger partial charge in [-0.05, 0) is 41.5 Å². The number of carbonyl (C=O) groups is 2. The predicted octanol–water partition coefficient (Wildman–Crippen LogP) is 2.24. The molecule has 0 aromatic heterocycles. The maximum absolute atomic E-state index is 12.5. The lowest BCUT2D eigenvalue weighted by Crippen LogP contribution is -2.33. The molecule has 0 spiro atoms. The predicted molar refractivity (Wildman–Crippen MR) is 102 cm³/mol. The Morgan fingerprint density at radius 2 is 1.78 bits per heavy atom. The van der Waals surface area contributed by atoms with Crippen LogP contribution in [-0.4, -0.2) is 25.1 Å². The Labute approximate surface area is 157 Å². The molecule has 3 rings (SSSR count). The third-order valence-electron chi connectivity index (χ3n) is 4.31. The molecule has 0 fully saturated rings. The Hall–Kier alpha value is -2.97. The second kappa shape index (κ2) is 7.34. The number of carbonyl (C=O) groups excluding carboxylic acids is 2. The number of hydrogen-bond donors (Lipinski definition) is 2. The minimum Gasteiger partial charge on any atom is -0.326 e. The first kappa shape index (κ1) is 18.8. The zero-order valence-corrected chi connectivity index (χ0v) is 15.4. The molecule has 0 bridgehead atoms. The molecule has 3 N–H and O–H groups in total. The number of rotatable bonds is 4. The number of hydrogen-bond acceptors (Lipinski definition) is 4. The zero-order valence-electron chi connectivity index (χ0n) is 14.6. The molecule has 8 heteroatoms. The van der Waals surface area contributed by atoms with Crippen LogP contribution < -0.4 is 10.5 Å². The van der Waals surface area contributed by atoms with E-state index in [9.17, 15) is 18.0 Å². The summed E-state index contributed by atoms with van der Waals surface area (Å²) >= 11 is 0. The zero-order chi connectivity index (χ0) is 19.6. The van der Waals surface area contributed by atoms with E-state index in [0.717, 1.165) is 11.1 Å². The molecule has 7 nitrogen and oxygen atoms in total. The lowest BCUT2D eigenvalue weighted by Gasteiger charge is -2.32. The number of nitrogens with zero attached hydrogens (tertiary/aromatic N) is 1. The third kappa shape index (κ3) is 4.24. The third-order valence-corrected chi connectivity index (χ3v) is 5.24. The van der Waals surface area contributed by atoms with Crippen molar-refractivity contribution in [1.82, 2.24) is 4.90 Å². The molecule has 2 amide bonds. The highest BCUT2D eigenvalue weighted by Crippen LogP contribution is 2.33. The highest BCUT2D eigenvalue weighted by Gasteiger charge is 2.28. The standard InChI is InChI=1S/C19H19N3O4S/c1-13(23)22-11-10-14-4-2-3-5-17(14)18(22)12-19(24)21-15-6-8-16(9-7-15)27(20,25)26/h2-11,18H,12H2,1H3,(H,21,24)(H2,20,25,26)/t18-/m0/s1. The Bertz CT molecular complexity index is 1010. The summed E-state index contributed by atoms with van der Waals surface area (Å²) in [7, 11) is -3.79. The Morgan fingerprint density at radius 3 is 2.41 bits per heavy atom. The van der Waals surface area contributed by atoms with E-state index in [-0.39, 0.29) is 23.1 Å². The van der Waals surface area contributed by atoms with Crippen LogP contribution in [0.4, 0.5) is 5.69 Å². The summed E-state index contributed by atoms with van der Waals surface area (Å²) in [5, 5.41) is 7.78. The maximum Gasteiger partial charge on any atom is 0.238 e. The number of nitrogens with one attached hydrogen (secondary N) is 1. The van der Waals surface area contributed by atoms with Crippen molar-refractivity contribution in [2.45, 2.75) is 24.3 Å². The van der Waals surface area contributed by atoms with Gasteiger partial charge in [0.2, 0.25) is 21.8 Å². The van der Waals surface area contributed by atoms with Crippen molar-refractivity contribution >= 4 is 33.6 Å². The van der Waals surface area contributed by atoms with E-state index >= 15 is 0 Å². The molecule has 0 aliphatic carbocycles. The lowest BCUT2D eigenvalue weighted by molar-refractivity contribution is -0.129. The minimum absolute atomic E-state index is 0.0328. The maximum atomic E-state index is 12.5. The molecule has 0 saturated heterocycles. The molecule has 2 aromatic carbocycles. The fourth-order valence-electron chi connectivity index (χ4n) is 3.03. The van der Waals surface area contributed by atoms with Crippen molar-refractivity contribution in [3.8, 4) is 0 Å². The molecule has 27 heavy (non-hydrogen) atoms. The molecule has 1 atom stereocenters. The van der Waals surface area contributed by atoms with Gasteiger partial charge >= 0.3 is 0 Å². The van der Waals surface area contributed by atoms with Gasteiger partial charge in [0.25, 0.3) is 0 Å². The van der Waals surface area contributed by atoms with Crippen LogP contribution in [0.5, 0.6) is 0 Å². The summed E-state index contributed by atoms with van der Waals surface area (Å²) in [5.41, 5.74) is 2.31. The van der Waals surface area contributed by atoms with Crippen molar-refractivity contribution in [1.29, 1.82) is 0 Å². The van der Waals surface area contributed by atoms with Gasteiger partial charge in [-0.15, -0.1) is 0 Å². The summed E-state index contributed by atoms with van der Waals surface area (Å²) in [6, 6.07) is 12.8. The number of benzene rings is 2. The van der Waals surface area contributed by atoms with E-state index in [2.05, 4.69) is 5.32 Å². The van der Waals surface area contributed by atoms with E-state index in [0.29, 0.717) is 5.69 Å². The number of nitrogens with two attached hydrogens (primary N) is 1. The molecule has 140 valence electrons. The Balaban J connectivity index is 1.77. The van der Waals surface area contributed by atoms with Crippen molar-refractivity contribution in [2.24, 2.45) is 5.14 Å². The highest BCUT2D eigenvalue weighted by atomic mass is 32.2. The van der Waals surface area contributed by atoms with Crippen LogP contribution in [0, 0.1) is 0 Å². The molecule has 0 radical (unpaired) electrons. The average molecular weight is 385 g/mol. The van der Waals surface area contributed by atoms with Crippen LogP contribution in [-0.2, 0) is 19.6 Å². The van der Waals surface area contributed by atoms with Crippen molar-refractivity contribution in [3.63, 3.8) is 0 Å². The number of fused-ring (bicyclic) bond motifs is 1. The molecule has 1 aliphatic rings. The largest absolute Gasteiger partial charge is 0.326 e. The fourth-order valence-corrected chi connectivity index (χ4v) is 3.54. The van der Waals surface area contributed by atoms with Gasteiger partial charge < -0.3 is 10.2 Å². The van der Waals surface area contributed by atoms with Gasteiger partial charge in [0.05, 0.1) is 17.4 Å². The first-order valence-electron chi connectivity index (χ1n) is 8.24. The highest BCUT2D eigenvalue weighted by molar-refractivity contribution is 7.89. The van der Waals surface area contributed by atoms with Gasteiger partial charge in [-0.25, -0.2) is 13.6 Å². The van der Waals surface area contributed by atoms with Gasteiger partial charge in [0.1, 0.15) is 0 Å². The van der Waals surface area contributed by atoms with Crippen molar-refractivity contribution in [3.05, 3.63) is 65.9 Å². The summed E-state index contributed by atoms with van der Waals surface area (Å²) in [4.78, 5) is 26.0. The molecule has 0 unspecified atom stereocenters. The topological polar surface area (TPSA) is 110 Å². The van der Waals surface area contributed by atoms with E-state index in [4.69, 9.17) is 5.14 Å². The van der Waals surface area contributed by atoms with Gasteiger partial charge in [-0.2, -0.15) is 0 Å². The Morgan fingerprint density at radius 1 is 1.11 bits per heavy atom. The van der Waals surface area contributed by atoms with Gasteiger partial charge in [0, 0.05) is 18.8 Å². The molecule has 1 heterocycles. The molecular weight excluding hydrogens is 366 g/mol. The summed E-state index contributed by atoms with van der Waals surface area (Å²) in [6.45, 7) is 1.45. The number of primary sulfonamides is 1. The molecule has 0 saturated carbocycles. The summed E-state index contributed by atoms with van der Waals surface area (Å²) < 4.78 is 22.6. The van der Waals surface area contributed by atoms with Gasteiger partial charge in [-0.3, -0.25) is 9.59 Å². The molecular formula is C19H19N3O4S. The summed E-state index contributed by atoms with van der Waals surface area (Å²) in [5.74, 6) is -0.448. The molecule has 1 aliphatic heterocycles. The quantitative estimate of drug-likeness (QED) is 0.841. The average Bonchev–Trinajstić information content (AvgIpc) is 2.61. The van der Waals surface area contributed by atoms with Crippen LogP contribution >= 0.6 is 0 Å². The van der Waals surface area contributed by atoms with E-state index in [1.54, 1.807) is 6.20 Å². The van der Waals surface area contributed by atoms with E-state index < -0.39 is 16.1 Å². The van der Waals surface area contributed by atoms with Gasteiger partial charge in [0.15, 0.2) is 0 Å². The van der Waals surface area contributed by atoms with Crippen LogP contribution in [0.15, 0.2) is 59.6 Å². The molecule has 2 aromatic rings. The first-order valence-corrected chi connectivity index (χ1v) is 9.79. The monoisotopic (exact) mass is 385 g/mol. The van der Waals surface area contributed by atoms with Crippen molar-refractivity contribution in [2.75, 3.05) is 5.32 Å². The van der Waals surface area contributed by atoms with Crippen LogP contribution in [0.2, 0.25) is 0 Å². The van der Waals surface area contributed by atoms with Gasteiger partial charge in [-0.1, -0.05) is 24.3 Å². The van der Waals surface area contributed by atoms with E-state index in [1.165, 1.54) is 36.1 Å². The first-order chi connectivity index (χ1) is 12.8. The lowest BCUT2D eigenvalue weighted by atomic mass is 9.93. The number of anilines is 1. The second-order valence-corrected chi connectivity index (χ2v) is 7.77. The van der Waals surface area contributed by atoms with Crippen LogP contribution in [0.3, 0.4) is 0 Å². The SMILES string of the molecule is CC(=O)N1C=Cc2ccccc2[C@@H]1CC(=O)Nc1ccc(S(N)(=O)=O)cc1. The minimum atomic E-state index is -3.79. The van der Waals surface area contributed by atoms with Crippen LogP contribution in [0.1, 0.15) is 30.5 Å².